The molecule has 0 unspecified atom stereocenters. The molecule has 0 fully saturated rings. The van der Waals surface area contributed by atoms with Gasteiger partial charge in [0.15, 0.2) is 5.96 Å². The summed E-state index contributed by atoms with van der Waals surface area (Å²) in [6, 6.07) is 17.7. The molecule has 152 valence electrons. The zero-order chi connectivity index (χ0) is 19.3. The molecule has 2 aromatic carbocycles. The highest BCUT2D eigenvalue weighted by Crippen LogP contribution is 2.13. The molecule has 7 heteroatoms. The van der Waals surface area contributed by atoms with Crippen molar-refractivity contribution < 1.29 is 9.53 Å². The van der Waals surface area contributed by atoms with Crippen LogP contribution in [0.15, 0.2) is 59.6 Å². The predicted octanol–water partition coefficient (Wildman–Crippen LogP) is 3.07. The van der Waals surface area contributed by atoms with E-state index in [-0.39, 0.29) is 29.9 Å². The molecule has 6 nitrogen and oxygen atoms in total. The maximum absolute atomic E-state index is 12.0. The van der Waals surface area contributed by atoms with Crippen molar-refractivity contribution in [1.82, 2.24) is 16.0 Å². The van der Waals surface area contributed by atoms with Gasteiger partial charge in [-0.25, -0.2) is 4.99 Å². The average Bonchev–Trinajstić information content (AvgIpc) is 2.71. The Hall–Kier alpha value is -2.29. The number of ether oxygens (including phenoxy) is 1. The molecule has 0 radical (unpaired) electrons. The predicted molar refractivity (Wildman–Crippen MR) is 124 cm³/mol. The Kier molecular flexibility index (Phi) is 11.7. The van der Waals surface area contributed by atoms with Crippen LogP contribution in [0.1, 0.15) is 24.5 Å². The molecule has 0 heterocycles. The molecule has 0 bridgehead atoms. The summed E-state index contributed by atoms with van der Waals surface area (Å²) in [5.41, 5.74) is 2.15. The van der Waals surface area contributed by atoms with Gasteiger partial charge in [-0.3, -0.25) is 4.79 Å². The molecular weight excluding hydrogens is 467 g/mol. The average molecular weight is 496 g/mol. The molecule has 3 N–H and O–H groups in total. The van der Waals surface area contributed by atoms with Gasteiger partial charge in [-0.2, -0.15) is 0 Å². The van der Waals surface area contributed by atoms with Crippen molar-refractivity contribution in [1.29, 1.82) is 0 Å². The van der Waals surface area contributed by atoms with Crippen LogP contribution in [0.25, 0.3) is 0 Å². The standard InChI is InChI=1S/C21H28N4O2.HI/c1-3-22-21(25-16-18-10-7-11-19(14-18)27-2)23-13-12-20(26)24-15-17-8-5-4-6-9-17;/h4-11,14H,3,12-13,15-16H2,1-2H3,(H,24,26)(H2,22,23,25);1H. The van der Waals surface area contributed by atoms with Crippen molar-refractivity contribution in [2.75, 3.05) is 20.2 Å². The maximum Gasteiger partial charge on any atom is 0.222 e. The number of nitrogens with zero attached hydrogens (tertiary/aromatic N) is 1. The zero-order valence-electron chi connectivity index (χ0n) is 16.4. The number of carbonyl (C=O) groups excluding carboxylic acids is 1. The van der Waals surface area contributed by atoms with Gasteiger partial charge in [0.25, 0.3) is 0 Å². The SMILES string of the molecule is CCNC(=NCc1cccc(OC)c1)NCCC(=O)NCc1ccccc1.I. The van der Waals surface area contributed by atoms with E-state index in [9.17, 15) is 4.79 Å². The van der Waals surface area contributed by atoms with Gasteiger partial charge in [-0.15, -0.1) is 24.0 Å². The summed E-state index contributed by atoms with van der Waals surface area (Å²) in [6.07, 6.45) is 0.385. The number of methoxy groups -OCH3 is 1. The summed E-state index contributed by atoms with van der Waals surface area (Å²) in [5, 5.41) is 9.31. The second-order valence-corrected chi connectivity index (χ2v) is 5.99. The molecule has 0 aliphatic heterocycles. The lowest BCUT2D eigenvalue weighted by atomic mass is 10.2. The lowest BCUT2D eigenvalue weighted by Gasteiger charge is -2.11. The first-order valence-electron chi connectivity index (χ1n) is 9.17. The first kappa shape index (κ1) is 23.7. The van der Waals surface area contributed by atoms with Crippen LogP contribution >= 0.6 is 24.0 Å². The number of hydrogen-bond acceptors (Lipinski definition) is 3. The normalized spacial score (nSPS) is 10.6. The van der Waals surface area contributed by atoms with Crippen molar-refractivity contribution >= 4 is 35.8 Å². The van der Waals surface area contributed by atoms with E-state index in [4.69, 9.17) is 4.74 Å². The molecule has 1 amide bonds. The molecule has 0 spiro atoms. The molecule has 2 rings (SSSR count). The Morgan fingerprint density at radius 2 is 1.75 bits per heavy atom. The Morgan fingerprint density at radius 1 is 1.00 bits per heavy atom. The number of hydrogen-bond donors (Lipinski definition) is 3. The molecule has 0 aliphatic carbocycles. The molecule has 0 aromatic heterocycles. The van der Waals surface area contributed by atoms with E-state index in [0.29, 0.717) is 32.0 Å². The van der Waals surface area contributed by atoms with E-state index in [0.717, 1.165) is 23.4 Å². The fourth-order valence-electron chi connectivity index (χ4n) is 2.46. The van der Waals surface area contributed by atoms with Crippen molar-refractivity contribution in [3.05, 3.63) is 65.7 Å². The van der Waals surface area contributed by atoms with Crippen LogP contribution in [-0.4, -0.2) is 32.1 Å². The van der Waals surface area contributed by atoms with E-state index in [2.05, 4.69) is 20.9 Å². The summed E-state index contributed by atoms with van der Waals surface area (Å²) in [4.78, 5) is 16.5. The van der Waals surface area contributed by atoms with Crippen molar-refractivity contribution in [3.63, 3.8) is 0 Å². The first-order chi connectivity index (χ1) is 13.2. The molecule has 0 saturated carbocycles. The summed E-state index contributed by atoms with van der Waals surface area (Å²) in [5.74, 6) is 1.52. The number of carbonyl (C=O) groups is 1. The van der Waals surface area contributed by atoms with E-state index >= 15 is 0 Å². The third kappa shape index (κ3) is 9.07. The number of aliphatic imine (C=N–C) groups is 1. The van der Waals surface area contributed by atoms with Crippen LogP contribution in [0.5, 0.6) is 5.75 Å². The lowest BCUT2D eigenvalue weighted by Crippen LogP contribution is -2.39. The fraction of sp³-hybridized carbons (Fsp3) is 0.333. The van der Waals surface area contributed by atoms with Gasteiger partial charge in [0.05, 0.1) is 13.7 Å². The van der Waals surface area contributed by atoms with Crippen molar-refractivity contribution in [2.24, 2.45) is 4.99 Å². The first-order valence-corrected chi connectivity index (χ1v) is 9.17. The van der Waals surface area contributed by atoms with E-state index in [1.165, 1.54) is 0 Å². The third-order valence-corrected chi connectivity index (χ3v) is 3.88. The number of guanidine groups is 1. The summed E-state index contributed by atoms with van der Waals surface area (Å²) >= 11 is 0. The monoisotopic (exact) mass is 496 g/mol. The minimum atomic E-state index is 0. The third-order valence-electron chi connectivity index (χ3n) is 3.88. The molecule has 0 aliphatic rings. The number of nitrogens with one attached hydrogen (secondary N) is 3. The highest BCUT2D eigenvalue weighted by Gasteiger charge is 2.03. The van der Waals surface area contributed by atoms with Gasteiger partial charge in [0, 0.05) is 26.1 Å². The lowest BCUT2D eigenvalue weighted by molar-refractivity contribution is -0.121. The second kappa shape index (κ2) is 13.8. The van der Waals surface area contributed by atoms with Gasteiger partial charge in [-0.1, -0.05) is 42.5 Å². The zero-order valence-corrected chi connectivity index (χ0v) is 18.7. The Bertz CT molecular complexity index is 738. The molecule has 0 atom stereocenters. The highest BCUT2D eigenvalue weighted by atomic mass is 127. The van der Waals surface area contributed by atoms with Gasteiger partial charge >= 0.3 is 0 Å². The van der Waals surface area contributed by atoms with Crippen molar-refractivity contribution in [2.45, 2.75) is 26.4 Å². The van der Waals surface area contributed by atoms with Gasteiger partial charge < -0.3 is 20.7 Å². The van der Waals surface area contributed by atoms with Gasteiger partial charge in [-0.05, 0) is 30.2 Å². The molecular formula is C21H29IN4O2. The summed E-state index contributed by atoms with van der Waals surface area (Å²) in [7, 11) is 1.65. The topological polar surface area (TPSA) is 74.8 Å². The minimum Gasteiger partial charge on any atom is -0.497 e. The molecule has 2 aromatic rings. The van der Waals surface area contributed by atoms with E-state index in [1.807, 2.05) is 61.5 Å². The van der Waals surface area contributed by atoms with Gasteiger partial charge in [0.1, 0.15) is 5.75 Å². The minimum absolute atomic E-state index is 0. The number of benzene rings is 2. The molecule has 28 heavy (non-hydrogen) atoms. The van der Waals surface area contributed by atoms with Crippen molar-refractivity contribution in [3.8, 4) is 5.75 Å². The Labute approximate surface area is 184 Å². The Morgan fingerprint density at radius 3 is 2.46 bits per heavy atom. The number of rotatable bonds is 9. The van der Waals surface area contributed by atoms with Gasteiger partial charge in [0.2, 0.25) is 5.91 Å². The fourth-order valence-corrected chi connectivity index (χ4v) is 2.46. The Balaban J connectivity index is 0.00000392. The van der Waals surface area contributed by atoms with E-state index < -0.39 is 0 Å². The number of amides is 1. The van der Waals surface area contributed by atoms with Crippen LogP contribution in [-0.2, 0) is 17.9 Å². The highest BCUT2D eigenvalue weighted by molar-refractivity contribution is 14.0. The maximum atomic E-state index is 12.0. The van der Waals surface area contributed by atoms with Crippen LogP contribution in [0.3, 0.4) is 0 Å². The van der Waals surface area contributed by atoms with Crippen LogP contribution in [0, 0.1) is 0 Å². The second-order valence-electron chi connectivity index (χ2n) is 5.99. The molecule has 0 saturated heterocycles. The number of halogens is 1. The summed E-state index contributed by atoms with van der Waals surface area (Å²) < 4.78 is 5.23. The quantitative estimate of drug-likeness (QED) is 0.284. The van der Waals surface area contributed by atoms with Crippen LogP contribution in [0.4, 0.5) is 0 Å². The smallest absolute Gasteiger partial charge is 0.222 e. The van der Waals surface area contributed by atoms with Crippen LogP contribution in [0.2, 0.25) is 0 Å². The largest absolute Gasteiger partial charge is 0.497 e. The van der Waals surface area contributed by atoms with E-state index in [1.54, 1.807) is 7.11 Å². The van der Waals surface area contributed by atoms with Crippen LogP contribution < -0.4 is 20.7 Å². The summed E-state index contributed by atoms with van der Waals surface area (Å²) in [6.45, 7) is 4.36.